The van der Waals surface area contributed by atoms with Crippen LogP contribution >= 0.6 is 0 Å². The maximum absolute atomic E-state index is 2.60. The summed E-state index contributed by atoms with van der Waals surface area (Å²) in [6, 6.07) is 10.4. The quantitative estimate of drug-likeness (QED) is 0.807. The van der Waals surface area contributed by atoms with Crippen molar-refractivity contribution in [2.75, 3.05) is 24.5 Å². The summed E-state index contributed by atoms with van der Waals surface area (Å²) in [5, 5.41) is 0. The molecule has 0 aromatic heterocycles. The molecule has 1 aromatic rings. The molecule has 2 unspecified atom stereocenters. The van der Waals surface area contributed by atoms with Gasteiger partial charge in [-0.3, -0.25) is 4.90 Å². The van der Waals surface area contributed by atoms with E-state index in [-0.39, 0.29) is 5.41 Å². The number of piperazine rings is 1. The van der Waals surface area contributed by atoms with E-state index in [2.05, 4.69) is 75.6 Å². The third-order valence-electron chi connectivity index (χ3n) is 4.57. The minimum absolute atomic E-state index is 0.236. The Morgan fingerprint density at radius 3 is 1.90 bits per heavy atom. The van der Waals surface area contributed by atoms with Gasteiger partial charge in [0.25, 0.3) is 0 Å². The van der Waals surface area contributed by atoms with E-state index in [4.69, 9.17) is 0 Å². The zero-order valence-electron chi connectivity index (χ0n) is 14.0. The number of hydrogen-bond donors (Lipinski definition) is 0. The van der Waals surface area contributed by atoms with Crippen LogP contribution in [0.1, 0.15) is 47.1 Å². The van der Waals surface area contributed by atoms with Crippen LogP contribution in [0.15, 0.2) is 24.3 Å². The van der Waals surface area contributed by atoms with Crippen molar-refractivity contribution in [2.24, 2.45) is 0 Å². The first kappa shape index (κ1) is 15.4. The predicted octanol–water partition coefficient (Wildman–Crippen LogP) is 3.90. The van der Waals surface area contributed by atoms with Crippen LogP contribution in [-0.2, 0) is 5.41 Å². The number of anilines is 1. The largest absolute Gasteiger partial charge is 0.368 e. The maximum Gasteiger partial charge on any atom is 0.0367 e. The van der Waals surface area contributed by atoms with Crippen LogP contribution < -0.4 is 4.90 Å². The summed E-state index contributed by atoms with van der Waals surface area (Å²) in [4.78, 5) is 5.13. The summed E-state index contributed by atoms with van der Waals surface area (Å²) < 4.78 is 0. The molecule has 1 aliphatic heterocycles. The molecule has 0 aliphatic carbocycles. The van der Waals surface area contributed by atoms with Gasteiger partial charge in [0.2, 0.25) is 0 Å². The fraction of sp³-hybridized carbons (Fsp3) is 0.667. The zero-order chi connectivity index (χ0) is 14.9. The Morgan fingerprint density at radius 2 is 1.50 bits per heavy atom. The monoisotopic (exact) mass is 274 g/mol. The fourth-order valence-corrected chi connectivity index (χ4v) is 3.36. The molecule has 0 saturated carbocycles. The van der Waals surface area contributed by atoms with Gasteiger partial charge in [-0.1, -0.05) is 39.8 Å². The van der Waals surface area contributed by atoms with E-state index in [0.717, 1.165) is 19.6 Å². The lowest BCUT2D eigenvalue weighted by Gasteiger charge is -2.45. The Morgan fingerprint density at radius 1 is 1.00 bits per heavy atom. The Balaban J connectivity index is 2.13. The van der Waals surface area contributed by atoms with Crippen LogP contribution in [0.25, 0.3) is 0 Å². The molecule has 0 bridgehead atoms. The molecular formula is C18H30N2. The molecule has 0 amide bonds. The number of hydrogen-bond acceptors (Lipinski definition) is 2. The van der Waals surface area contributed by atoms with E-state index in [9.17, 15) is 0 Å². The molecule has 2 nitrogen and oxygen atoms in total. The van der Waals surface area contributed by atoms with Crippen LogP contribution in [0.2, 0.25) is 0 Å². The van der Waals surface area contributed by atoms with E-state index in [1.807, 2.05) is 0 Å². The second-order valence-electron chi connectivity index (χ2n) is 7.23. The molecule has 2 rings (SSSR count). The minimum Gasteiger partial charge on any atom is -0.368 e. The van der Waals surface area contributed by atoms with Crippen molar-refractivity contribution in [3.63, 3.8) is 0 Å². The summed E-state index contributed by atoms with van der Waals surface area (Å²) >= 11 is 0. The molecule has 1 aliphatic rings. The van der Waals surface area contributed by atoms with Crippen molar-refractivity contribution in [3.8, 4) is 0 Å². The van der Waals surface area contributed by atoms with Crippen molar-refractivity contribution < 1.29 is 0 Å². The van der Waals surface area contributed by atoms with Crippen molar-refractivity contribution in [1.29, 1.82) is 0 Å². The van der Waals surface area contributed by atoms with Crippen molar-refractivity contribution in [2.45, 2.75) is 59.0 Å². The Kier molecular flexibility index (Phi) is 4.43. The standard InChI is InChI=1S/C18H30N2/c1-7-20-14(2)12-19(13-15(20)3)17-10-8-16(9-11-17)18(4,5)6/h8-11,14-15H,7,12-13H2,1-6H3. The van der Waals surface area contributed by atoms with E-state index in [0.29, 0.717) is 12.1 Å². The topological polar surface area (TPSA) is 6.48 Å². The molecule has 1 heterocycles. The summed E-state index contributed by atoms with van der Waals surface area (Å²) in [5.41, 5.74) is 3.02. The van der Waals surface area contributed by atoms with Crippen molar-refractivity contribution in [3.05, 3.63) is 29.8 Å². The van der Waals surface area contributed by atoms with Crippen LogP contribution in [0.5, 0.6) is 0 Å². The van der Waals surface area contributed by atoms with Gasteiger partial charge in [-0.2, -0.15) is 0 Å². The summed E-state index contributed by atoms with van der Waals surface area (Å²) in [6.45, 7) is 17.2. The smallest absolute Gasteiger partial charge is 0.0367 e. The second-order valence-corrected chi connectivity index (χ2v) is 7.23. The normalized spacial score (nSPS) is 25.0. The van der Waals surface area contributed by atoms with Crippen molar-refractivity contribution in [1.82, 2.24) is 4.90 Å². The van der Waals surface area contributed by atoms with Gasteiger partial charge in [0.05, 0.1) is 0 Å². The lowest BCUT2D eigenvalue weighted by atomic mass is 9.87. The number of likely N-dealkylation sites (N-methyl/N-ethyl adjacent to an activating group) is 1. The minimum atomic E-state index is 0.236. The zero-order valence-corrected chi connectivity index (χ0v) is 14.0. The molecule has 2 heteroatoms. The Bertz CT molecular complexity index is 418. The summed E-state index contributed by atoms with van der Waals surface area (Å²) in [6.07, 6.45) is 0. The first-order valence-electron chi connectivity index (χ1n) is 7.94. The highest BCUT2D eigenvalue weighted by atomic mass is 15.3. The molecule has 112 valence electrons. The molecule has 1 saturated heterocycles. The average Bonchev–Trinajstić information content (AvgIpc) is 2.37. The van der Waals surface area contributed by atoms with Gasteiger partial charge >= 0.3 is 0 Å². The number of rotatable bonds is 2. The molecule has 0 N–H and O–H groups in total. The van der Waals surface area contributed by atoms with E-state index >= 15 is 0 Å². The van der Waals surface area contributed by atoms with Gasteiger partial charge in [-0.25, -0.2) is 0 Å². The Labute approximate surface area is 124 Å². The lowest BCUT2D eigenvalue weighted by molar-refractivity contribution is 0.140. The third-order valence-corrected chi connectivity index (χ3v) is 4.57. The SMILES string of the molecule is CCN1C(C)CN(c2ccc(C(C)(C)C)cc2)CC1C. The van der Waals surface area contributed by atoms with Gasteiger partial charge in [-0.15, -0.1) is 0 Å². The first-order valence-corrected chi connectivity index (χ1v) is 7.94. The molecule has 0 spiro atoms. The van der Waals surface area contributed by atoms with Crippen LogP contribution in [0.3, 0.4) is 0 Å². The van der Waals surface area contributed by atoms with Gasteiger partial charge in [-0.05, 0) is 43.5 Å². The number of nitrogens with zero attached hydrogens (tertiary/aromatic N) is 2. The van der Waals surface area contributed by atoms with Crippen molar-refractivity contribution >= 4 is 5.69 Å². The first-order chi connectivity index (χ1) is 9.32. The van der Waals surface area contributed by atoms with Gasteiger partial charge in [0.15, 0.2) is 0 Å². The van der Waals surface area contributed by atoms with Gasteiger partial charge in [0.1, 0.15) is 0 Å². The summed E-state index contributed by atoms with van der Waals surface area (Å²) in [7, 11) is 0. The van der Waals surface area contributed by atoms with Crippen LogP contribution in [0.4, 0.5) is 5.69 Å². The van der Waals surface area contributed by atoms with E-state index in [1.54, 1.807) is 0 Å². The fourth-order valence-electron chi connectivity index (χ4n) is 3.36. The molecule has 1 aromatic carbocycles. The molecule has 2 atom stereocenters. The Hall–Kier alpha value is -1.02. The third kappa shape index (κ3) is 3.17. The highest BCUT2D eigenvalue weighted by molar-refractivity contribution is 5.49. The van der Waals surface area contributed by atoms with Gasteiger partial charge in [0, 0.05) is 30.9 Å². The molecule has 0 radical (unpaired) electrons. The lowest BCUT2D eigenvalue weighted by Crippen LogP contribution is -2.56. The summed E-state index contributed by atoms with van der Waals surface area (Å²) in [5.74, 6) is 0. The molecule has 20 heavy (non-hydrogen) atoms. The van der Waals surface area contributed by atoms with E-state index < -0.39 is 0 Å². The average molecular weight is 274 g/mol. The maximum atomic E-state index is 2.60. The number of benzene rings is 1. The predicted molar refractivity (Wildman–Crippen MR) is 88.7 cm³/mol. The van der Waals surface area contributed by atoms with Crippen LogP contribution in [-0.4, -0.2) is 36.6 Å². The highest BCUT2D eigenvalue weighted by Gasteiger charge is 2.28. The van der Waals surface area contributed by atoms with Crippen LogP contribution in [0, 0.1) is 0 Å². The van der Waals surface area contributed by atoms with Gasteiger partial charge < -0.3 is 4.90 Å². The molecule has 1 fully saturated rings. The molecular weight excluding hydrogens is 244 g/mol. The second kappa shape index (κ2) is 5.77. The van der Waals surface area contributed by atoms with E-state index in [1.165, 1.54) is 11.3 Å². The highest BCUT2D eigenvalue weighted by Crippen LogP contribution is 2.27.